The predicted octanol–water partition coefficient (Wildman–Crippen LogP) is 4.05. The Kier molecular flexibility index (Phi) is 6.91. The van der Waals surface area contributed by atoms with Crippen LogP contribution in [0.25, 0.3) is 11.3 Å². The Labute approximate surface area is 210 Å². The average molecular weight is 493 g/mol. The van der Waals surface area contributed by atoms with Crippen molar-refractivity contribution >= 4 is 6.03 Å². The zero-order valence-electron chi connectivity index (χ0n) is 21.1. The quantitative estimate of drug-likeness (QED) is 0.561. The summed E-state index contributed by atoms with van der Waals surface area (Å²) in [6.45, 7) is 6.36. The second-order valence-corrected chi connectivity index (χ2v) is 9.81. The summed E-state index contributed by atoms with van der Waals surface area (Å²) in [5.74, 6) is 0.287. The summed E-state index contributed by atoms with van der Waals surface area (Å²) >= 11 is 0. The lowest BCUT2D eigenvalue weighted by Gasteiger charge is -2.39. The number of nitrogens with zero attached hydrogens (tertiary/aromatic N) is 4. The van der Waals surface area contributed by atoms with E-state index in [1.54, 1.807) is 25.4 Å². The number of methoxy groups -OCH3 is 1. The lowest BCUT2D eigenvalue weighted by Crippen LogP contribution is -2.54. The van der Waals surface area contributed by atoms with Gasteiger partial charge in [0.15, 0.2) is 0 Å². The molecule has 0 aliphatic carbocycles. The van der Waals surface area contributed by atoms with Gasteiger partial charge in [0.2, 0.25) is 0 Å². The van der Waals surface area contributed by atoms with Crippen molar-refractivity contribution in [1.29, 1.82) is 0 Å². The Morgan fingerprint density at radius 3 is 2.97 bits per heavy atom. The fourth-order valence-electron chi connectivity index (χ4n) is 5.27. The number of rotatable bonds is 5. The molecule has 0 saturated carbocycles. The van der Waals surface area contributed by atoms with Gasteiger partial charge in [0, 0.05) is 72.4 Å². The number of aromatic nitrogens is 3. The molecule has 1 fully saturated rings. The molecule has 1 aromatic carbocycles. The van der Waals surface area contributed by atoms with Crippen LogP contribution in [-0.4, -0.2) is 63.3 Å². The van der Waals surface area contributed by atoms with Crippen LogP contribution in [0.5, 0.6) is 5.75 Å². The van der Waals surface area contributed by atoms with E-state index in [1.165, 1.54) is 6.07 Å². The highest BCUT2D eigenvalue weighted by Crippen LogP contribution is 2.29. The number of aryl methyl sites for hydroxylation is 1. The van der Waals surface area contributed by atoms with Crippen molar-refractivity contribution in [2.24, 2.45) is 0 Å². The van der Waals surface area contributed by atoms with Crippen LogP contribution in [0.15, 0.2) is 36.5 Å². The van der Waals surface area contributed by atoms with Crippen LogP contribution in [-0.2, 0) is 19.5 Å². The van der Waals surface area contributed by atoms with Crippen LogP contribution >= 0.6 is 0 Å². The molecule has 0 radical (unpaired) electrons. The van der Waals surface area contributed by atoms with Gasteiger partial charge >= 0.3 is 6.03 Å². The molecule has 2 unspecified atom stereocenters. The number of carbonyl (C=O) groups excluding carboxylic acids is 1. The van der Waals surface area contributed by atoms with E-state index in [9.17, 15) is 9.18 Å². The number of H-pyrrole nitrogens is 1. The molecule has 5 rings (SSSR count). The van der Waals surface area contributed by atoms with Gasteiger partial charge in [-0.15, -0.1) is 0 Å². The van der Waals surface area contributed by atoms with E-state index in [0.29, 0.717) is 37.5 Å². The van der Waals surface area contributed by atoms with Gasteiger partial charge in [-0.2, -0.15) is 5.10 Å². The number of amides is 2. The third-order valence-corrected chi connectivity index (χ3v) is 7.39. The van der Waals surface area contributed by atoms with Gasteiger partial charge < -0.3 is 15.0 Å². The van der Waals surface area contributed by atoms with Crippen molar-refractivity contribution < 1.29 is 13.9 Å². The molecule has 4 heterocycles. The fourth-order valence-corrected chi connectivity index (χ4v) is 5.27. The molecule has 9 heteroatoms. The molecule has 8 nitrogen and oxygen atoms in total. The standard InChI is InChI=1S/C27H33FN6O2/c1-17-13-19(9-11-29-17)26-22-16-33(12-10-24(22)31-32-26)27(35)30-20-8-7-18(2)34(14-20)15-21-23(28)5-4-6-25(21)36-3/h4-6,9,11,13,18,20H,7-8,10,12,14-16H2,1-3H3,(H,30,35)(H,31,32). The van der Waals surface area contributed by atoms with Gasteiger partial charge in [0.05, 0.1) is 19.3 Å². The number of hydrogen-bond donors (Lipinski definition) is 2. The van der Waals surface area contributed by atoms with Crippen molar-refractivity contribution in [2.75, 3.05) is 20.2 Å². The fraction of sp³-hybridized carbons (Fsp3) is 0.444. The highest BCUT2D eigenvalue weighted by molar-refractivity contribution is 5.76. The number of aromatic amines is 1. The van der Waals surface area contributed by atoms with E-state index in [2.05, 4.69) is 32.3 Å². The molecule has 0 bridgehead atoms. The largest absolute Gasteiger partial charge is 0.496 e. The molecule has 2 aliphatic rings. The van der Waals surface area contributed by atoms with Gasteiger partial charge in [-0.1, -0.05) is 6.07 Å². The molecule has 2 atom stereocenters. The van der Waals surface area contributed by atoms with Crippen molar-refractivity contribution in [3.05, 3.63) is 64.9 Å². The second kappa shape index (κ2) is 10.3. The minimum atomic E-state index is -0.267. The van der Waals surface area contributed by atoms with Crippen molar-refractivity contribution in [2.45, 2.75) is 58.3 Å². The van der Waals surface area contributed by atoms with E-state index < -0.39 is 0 Å². The predicted molar refractivity (Wildman–Crippen MR) is 135 cm³/mol. The summed E-state index contributed by atoms with van der Waals surface area (Å²) in [6, 6.07) is 9.09. The number of likely N-dealkylation sites (tertiary alicyclic amines) is 1. The smallest absolute Gasteiger partial charge is 0.317 e. The first kappa shape index (κ1) is 24.2. The average Bonchev–Trinajstić information content (AvgIpc) is 3.30. The zero-order chi connectivity index (χ0) is 25.2. The van der Waals surface area contributed by atoms with Gasteiger partial charge in [0.1, 0.15) is 11.6 Å². The van der Waals surface area contributed by atoms with Crippen LogP contribution < -0.4 is 10.1 Å². The third-order valence-electron chi connectivity index (χ3n) is 7.39. The third kappa shape index (κ3) is 4.93. The normalized spacial score (nSPS) is 20.2. The molecule has 2 N–H and O–H groups in total. The molecule has 36 heavy (non-hydrogen) atoms. The molecular formula is C27H33FN6O2. The number of hydrogen-bond acceptors (Lipinski definition) is 5. The van der Waals surface area contributed by atoms with Gasteiger partial charge in [-0.3, -0.25) is 15.0 Å². The van der Waals surface area contributed by atoms with Crippen molar-refractivity contribution in [3.8, 4) is 17.0 Å². The Morgan fingerprint density at radius 2 is 2.17 bits per heavy atom. The number of urea groups is 1. The molecule has 2 aromatic heterocycles. The number of carbonyl (C=O) groups is 1. The first-order chi connectivity index (χ1) is 17.4. The molecule has 2 aliphatic heterocycles. The molecular weight excluding hydrogens is 459 g/mol. The first-order valence-corrected chi connectivity index (χ1v) is 12.5. The maximum atomic E-state index is 14.5. The highest BCUT2D eigenvalue weighted by atomic mass is 19.1. The SMILES string of the molecule is COc1cccc(F)c1CN1CC(NC(=O)N2CCc3[nH]nc(-c4ccnc(C)c4)c3C2)CCC1C. The number of ether oxygens (including phenoxy) is 1. The van der Waals surface area contributed by atoms with Crippen LogP contribution in [0.1, 0.15) is 42.3 Å². The molecule has 2 amide bonds. The molecule has 190 valence electrons. The number of pyridine rings is 1. The van der Waals surface area contributed by atoms with Gasteiger partial charge in [-0.05, 0) is 51.0 Å². The maximum Gasteiger partial charge on any atom is 0.317 e. The lowest BCUT2D eigenvalue weighted by atomic mass is 9.98. The van der Waals surface area contributed by atoms with Crippen LogP contribution in [0.4, 0.5) is 9.18 Å². The van der Waals surface area contributed by atoms with E-state index in [0.717, 1.165) is 47.5 Å². The Hall–Kier alpha value is -3.46. The minimum Gasteiger partial charge on any atom is -0.496 e. The Balaban J connectivity index is 1.25. The lowest BCUT2D eigenvalue weighted by molar-refractivity contribution is 0.118. The zero-order valence-corrected chi connectivity index (χ0v) is 21.1. The van der Waals surface area contributed by atoms with E-state index >= 15 is 0 Å². The number of halogens is 1. The topological polar surface area (TPSA) is 86.4 Å². The first-order valence-electron chi connectivity index (χ1n) is 12.5. The maximum absolute atomic E-state index is 14.5. The van der Waals surface area contributed by atoms with E-state index in [-0.39, 0.29) is 23.9 Å². The summed E-state index contributed by atoms with van der Waals surface area (Å²) in [5.41, 5.74) is 5.51. The number of fused-ring (bicyclic) bond motifs is 1. The molecule has 1 saturated heterocycles. The summed E-state index contributed by atoms with van der Waals surface area (Å²) in [6.07, 6.45) is 4.34. The Morgan fingerprint density at radius 1 is 1.31 bits per heavy atom. The highest BCUT2D eigenvalue weighted by Gasteiger charge is 2.31. The van der Waals surface area contributed by atoms with Crippen LogP contribution in [0.3, 0.4) is 0 Å². The second-order valence-electron chi connectivity index (χ2n) is 9.81. The molecule has 0 spiro atoms. The van der Waals surface area contributed by atoms with Crippen LogP contribution in [0, 0.1) is 12.7 Å². The Bertz CT molecular complexity index is 1240. The summed E-state index contributed by atoms with van der Waals surface area (Å²) < 4.78 is 19.9. The summed E-state index contributed by atoms with van der Waals surface area (Å²) in [7, 11) is 1.56. The minimum absolute atomic E-state index is 0.000433. The number of nitrogens with one attached hydrogen (secondary N) is 2. The van der Waals surface area contributed by atoms with Gasteiger partial charge in [-0.25, -0.2) is 9.18 Å². The van der Waals surface area contributed by atoms with Crippen LogP contribution in [0.2, 0.25) is 0 Å². The molecule has 3 aromatic rings. The van der Waals surface area contributed by atoms with Crippen molar-refractivity contribution in [1.82, 2.24) is 30.3 Å². The summed E-state index contributed by atoms with van der Waals surface area (Å²) in [4.78, 5) is 21.6. The van der Waals surface area contributed by atoms with E-state index in [4.69, 9.17) is 4.74 Å². The number of benzene rings is 1. The number of piperidine rings is 1. The summed E-state index contributed by atoms with van der Waals surface area (Å²) in [5, 5.41) is 10.9. The van der Waals surface area contributed by atoms with Gasteiger partial charge in [0.25, 0.3) is 0 Å². The monoisotopic (exact) mass is 492 g/mol. The van der Waals surface area contributed by atoms with E-state index in [1.807, 2.05) is 24.0 Å². The van der Waals surface area contributed by atoms with Crippen molar-refractivity contribution in [3.63, 3.8) is 0 Å².